The van der Waals surface area contributed by atoms with Crippen molar-refractivity contribution in [2.24, 2.45) is 5.92 Å². The van der Waals surface area contributed by atoms with Gasteiger partial charge in [0.2, 0.25) is 0 Å². The lowest BCUT2D eigenvalue weighted by atomic mass is 9.82. The van der Waals surface area contributed by atoms with Crippen molar-refractivity contribution in [2.45, 2.75) is 51.9 Å². The van der Waals surface area contributed by atoms with Crippen molar-refractivity contribution < 1.29 is 4.74 Å². The summed E-state index contributed by atoms with van der Waals surface area (Å²) in [5, 5.41) is 3.59. The largest absolute Gasteiger partial charge is 0.368 e. The minimum absolute atomic E-state index is 0.0550. The number of rotatable bonds is 4. The van der Waals surface area contributed by atoms with E-state index in [0.717, 1.165) is 13.1 Å². The van der Waals surface area contributed by atoms with Gasteiger partial charge in [-0.1, -0.05) is 6.92 Å². The molecule has 0 aliphatic carbocycles. The third-order valence-electron chi connectivity index (χ3n) is 3.56. The van der Waals surface area contributed by atoms with Crippen LogP contribution in [0.1, 0.15) is 34.6 Å². The monoisotopic (exact) mass is 228 g/mol. The molecule has 3 heteroatoms. The summed E-state index contributed by atoms with van der Waals surface area (Å²) in [5.74, 6) is 0.525. The molecule has 0 bridgehead atoms. The molecule has 2 atom stereocenters. The Labute approximate surface area is 101 Å². The summed E-state index contributed by atoms with van der Waals surface area (Å²) in [6.45, 7) is 13.0. The van der Waals surface area contributed by atoms with Crippen LogP contribution in [-0.4, -0.2) is 49.3 Å². The predicted molar refractivity (Wildman–Crippen MR) is 68.8 cm³/mol. The van der Waals surface area contributed by atoms with Gasteiger partial charge in [0.05, 0.1) is 11.2 Å². The van der Waals surface area contributed by atoms with E-state index < -0.39 is 0 Å². The normalized spacial score (nSPS) is 32.2. The zero-order valence-electron chi connectivity index (χ0n) is 11.9. The van der Waals surface area contributed by atoms with Gasteiger partial charge in [0.1, 0.15) is 0 Å². The Bertz CT molecular complexity index is 236. The van der Waals surface area contributed by atoms with Gasteiger partial charge in [-0.05, 0) is 48.3 Å². The molecule has 0 aromatic carbocycles. The molecule has 0 radical (unpaired) electrons. The van der Waals surface area contributed by atoms with Gasteiger partial charge in [0, 0.05) is 18.5 Å². The van der Waals surface area contributed by atoms with E-state index in [1.165, 1.54) is 0 Å². The molecule has 0 aromatic heterocycles. The Balaban J connectivity index is 2.89. The molecule has 1 N–H and O–H groups in total. The molecule has 0 saturated carbocycles. The Kier molecular flexibility index (Phi) is 4.04. The van der Waals surface area contributed by atoms with Crippen molar-refractivity contribution in [3.8, 4) is 0 Å². The van der Waals surface area contributed by atoms with Crippen LogP contribution in [0.4, 0.5) is 0 Å². The molecule has 16 heavy (non-hydrogen) atoms. The van der Waals surface area contributed by atoms with Crippen LogP contribution in [0, 0.1) is 5.92 Å². The molecule has 1 rings (SSSR count). The molecule has 1 fully saturated rings. The average Bonchev–Trinajstić information content (AvgIpc) is 2.22. The van der Waals surface area contributed by atoms with Crippen LogP contribution in [0.5, 0.6) is 0 Å². The number of likely N-dealkylation sites (N-methyl/N-ethyl adjacent to an activating group) is 1. The third-order valence-corrected chi connectivity index (χ3v) is 3.56. The average molecular weight is 228 g/mol. The van der Waals surface area contributed by atoms with Gasteiger partial charge < -0.3 is 15.0 Å². The van der Waals surface area contributed by atoms with Gasteiger partial charge in [-0.3, -0.25) is 0 Å². The van der Waals surface area contributed by atoms with Crippen LogP contribution in [0.15, 0.2) is 0 Å². The summed E-state index contributed by atoms with van der Waals surface area (Å²) >= 11 is 0. The summed E-state index contributed by atoms with van der Waals surface area (Å²) in [6.07, 6.45) is 0. The first-order valence-corrected chi connectivity index (χ1v) is 6.29. The Morgan fingerprint density at radius 1 is 1.12 bits per heavy atom. The first-order valence-electron chi connectivity index (χ1n) is 6.29. The summed E-state index contributed by atoms with van der Waals surface area (Å²) < 4.78 is 6.23. The molecule has 1 aliphatic rings. The standard InChI is InChI=1S/C13H28N2O/c1-8-14-11-10(9-15(6)7)12(2,3)16-13(11,4)5/h10-11,14H,8-9H2,1-7H3. The zero-order valence-corrected chi connectivity index (χ0v) is 11.9. The van der Waals surface area contributed by atoms with E-state index >= 15 is 0 Å². The van der Waals surface area contributed by atoms with Gasteiger partial charge in [0.15, 0.2) is 0 Å². The van der Waals surface area contributed by atoms with Crippen molar-refractivity contribution in [1.82, 2.24) is 10.2 Å². The van der Waals surface area contributed by atoms with E-state index in [4.69, 9.17) is 4.74 Å². The molecular weight excluding hydrogens is 200 g/mol. The van der Waals surface area contributed by atoms with Crippen LogP contribution in [0.3, 0.4) is 0 Å². The van der Waals surface area contributed by atoms with E-state index in [0.29, 0.717) is 12.0 Å². The molecule has 1 heterocycles. The molecular formula is C13H28N2O. The van der Waals surface area contributed by atoms with Gasteiger partial charge in [-0.25, -0.2) is 0 Å². The Morgan fingerprint density at radius 2 is 1.69 bits per heavy atom. The topological polar surface area (TPSA) is 24.5 Å². The second-order valence-corrected chi connectivity index (χ2v) is 6.21. The minimum atomic E-state index is -0.0831. The van der Waals surface area contributed by atoms with E-state index in [9.17, 15) is 0 Å². The highest BCUT2D eigenvalue weighted by Gasteiger charge is 2.53. The third kappa shape index (κ3) is 2.76. The number of ether oxygens (including phenoxy) is 1. The van der Waals surface area contributed by atoms with E-state index in [-0.39, 0.29) is 11.2 Å². The molecule has 2 unspecified atom stereocenters. The van der Waals surface area contributed by atoms with Gasteiger partial charge in [0.25, 0.3) is 0 Å². The molecule has 1 saturated heterocycles. The molecule has 96 valence electrons. The number of nitrogens with one attached hydrogen (secondary N) is 1. The highest BCUT2D eigenvalue weighted by molar-refractivity contribution is 5.05. The lowest BCUT2D eigenvalue weighted by Gasteiger charge is -2.32. The lowest BCUT2D eigenvalue weighted by Crippen LogP contribution is -2.50. The summed E-state index contributed by atoms with van der Waals surface area (Å²) in [7, 11) is 4.26. The van der Waals surface area contributed by atoms with Crippen LogP contribution >= 0.6 is 0 Å². The number of nitrogens with zero attached hydrogens (tertiary/aromatic N) is 1. The summed E-state index contributed by atoms with van der Waals surface area (Å²) in [6, 6.07) is 0.426. The molecule has 0 aromatic rings. The molecule has 0 spiro atoms. The fourth-order valence-electron chi connectivity index (χ4n) is 3.03. The zero-order chi connectivity index (χ0) is 12.6. The van der Waals surface area contributed by atoms with E-state index in [2.05, 4.69) is 58.9 Å². The van der Waals surface area contributed by atoms with E-state index in [1.807, 2.05) is 0 Å². The lowest BCUT2D eigenvalue weighted by molar-refractivity contribution is -0.0789. The Morgan fingerprint density at radius 3 is 2.12 bits per heavy atom. The second kappa shape index (κ2) is 4.63. The number of hydrogen-bond donors (Lipinski definition) is 1. The minimum Gasteiger partial charge on any atom is -0.368 e. The maximum atomic E-state index is 6.23. The smallest absolute Gasteiger partial charge is 0.0790 e. The fraction of sp³-hybridized carbons (Fsp3) is 1.00. The van der Waals surface area contributed by atoms with Crippen molar-refractivity contribution in [3.63, 3.8) is 0 Å². The van der Waals surface area contributed by atoms with E-state index in [1.54, 1.807) is 0 Å². The maximum Gasteiger partial charge on any atom is 0.0790 e. The van der Waals surface area contributed by atoms with Gasteiger partial charge >= 0.3 is 0 Å². The van der Waals surface area contributed by atoms with Gasteiger partial charge in [-0.15, -0.1) is 0 Å². The maximum absolute atomic E-state index is 6.23. The molecule has 3 nitrogen and oxygen atoms in total. The Hall–Kier alpha value is -0.120. The van der Waals surface area contributed by atoms with Crippen molar-refractivity contribution in [1.29, 1.82) is 0 Å². The first kappa shape index (κ1) is 13.9. The molecule has 1 aliphatic heterocycles. The SMILES string of the molecule is CCNC1C(CN(C)C)C(C)(C)OC1(C)C. The highest BCUT2D eigenvalue weighted by atomic mass is 16.5. The quantitative estimate of drug-likeness (QED) is 0.793. The highest BCUT2D eigenvalue weighted by Crippen LogP contribution is 2.42. The first-order chi connectivity index (χ1) is 7.20. The second-order valence-electron chi connectivity index (χ2n) is 6.21. The van der Waals surface area contributed by atoms with Crippen LogP contribution in [0.2, 0.25) is 0 Å². The van der Waals surface area contributed by atoms with Crippen molar-refractivity contribution in [2.75, 3.05) is 27.2 Å². The predicted octanol–water partition coefficient (Wildman–Crippen LogP) is 1.73. The van der Waals surface area contributed by atoms with Crippen LogP contribution in [0.25, 0.3) is 0 Å². The van der Waals surface area contributed by atoms with Gasteiger partial charge in [-0.2, -0.15) is 0 Å². The molecule has 0 amide bonds. The van der Waals surface area contributed by atoms with Crippen molar-refractivity contribution >= 4 is 0 Å². The van der Waals surface area contributed by atoms with Crippen molar-refractivity contribution in [3.05, 3.63) is 0 Å². The van der Waals surface area contributed by atoms with Crippen LogP contribution in [-0.2, 0) is 4.74 Å². The summed E-state index contributed by atoms with van der Waals surface area (Å²) in [4.78, 5) is 2.25. The number of hydrogen-bond acceptors (Lipinski definition) is 3. The fourth-order valence-corrected chi connectivity index (χ4v) is 3.03. The van der Waals surface area contributed by atoms with Crippen LogP contribution < -0.4 is 5.32 Å². The summed E-state index contributed by atoms with van der Waals surface area (Å²) in [5.41, 5.74) is -0.138.